The SMILES string of the molecule is C=C1C(=O)[C@](C)(C(=O)OC)[C@H](CCC(=O)N2CCC(NCC3CC3)CC2)O[C@@H]1C. The number of piperidine rings is 1. The van der Waals surface area contributed by atoms with Gasteiger partial charge in [-0.15, -0.1) is 0 Å². The minimum absolute atomic E-state index is 0.0472. The monoisotopic (exact) mass is 406 g/mol. The van der Waals surface area contributed by atoms with Gasteiger partial charge in [-0.25, -0.2) is 0 Å². The average molecular weight is 407 g/mol. The Hall–Kier alpha value is -1.73. The minimum Gasteiger partial charge on any atom is -0.468 e. The summed E-state index contributed by atoms with van der Waals surface area (Å²) in [5.41, 5.74) is -1.19. The van der Waals surface area contributed by atoms with Gasteiger partial charge in [-0.3, -0.25) is 14.4 Å². The Morgan fingerprint density at radius 2 is 1.93 bits per heavy atom. The first-order valence-corrected chi connectivity index (χ1v) is 10.8. The van der Waals surface area contributed by atoms with E-state index in [1.165, 1.54) is 26.9 Å². The van der Waals surface area contributed by atoms with E-state index >= 15 is 0 Å². The molecule has 0 aromatic heterocycles. The van der Waals surface area contributed by atoms with Gasteiger partial charge in [0, 0.05) is 31.1 Å². The van der Waals surface area contributed by atoms with Crippen molar-refractivity contribution in [1.82, 2.24) is 10.2 Å². The molecule has 0 bridgehead atoms. The molecule has 3 fully saturated rings. The molecule has 0 unspecified atom stereocenters. The second kappa shape index (κ2) is 8.96. The second-order valence-electron chi connectivity index (χ2n) is 8.86. The fraction of sp³-hybridized carbons (Fsp3) is 0.773. The van der Waals surface area contributed by atoms with Crippen LogP contribution in [0.1, 0.15) is 52.4 Å². The van der Waals surface area contributed by atoms with Crippen molar-refractivity contribution in [3.63, 3.8) is 0 Å². The van der Waals surface area contributed by atoms with Crippen LogP contribution in [-0.4, -0.2) is 67.6 Å². The van der Waals surface area contributed by atoms with E-state index in [1.807, 2.05) is 4.90 Å². The van der Waals surface area contributed by atoms with E-state index in [4.69, 9.17) is 9.47 Å². The van der Waals surface area contributed by atoms with E-state index in [2.05, 4.69) is 11.9 Å². The smallest absolute Gasteiger partial charge is 0.322 e. The van der Waals surface area contributed by atoms with Crippen molar-refractivity contribution in [2.75, 3.05) is 26.7 Å². The van der Waals surface area contributed by atoms with Gasteiger partial charge in [-0.2, -0.15) is 0 Å². The molecule has 1 saturated carbocycles. The number of nitrogens with zero attached hydrogens (tertiary/aromatic N) is 1. The molecule has 0 radical (unpaired) electrons. The van der Waals surface area contributed by atoms with Crippen molar-refractivity contribution in [1.29, 1.82) is 0 Å². The second-order valence-corrected chi connectivity index (χ2v) is 8.86. The summed E-state index contributed by atoms with van der Waals surface area (Å²) in [5.74, 6) is -0.0972. The van der Waals surface area contributed by atoms with E-state index in [9.17, 15) is 14.4 Å². The quantitative estimate of drug-likeness (QED) is 0.395. The van der Waals surface area contributed by atoms with Crippen LogP contribution >= 0.6 is 0 Å². The molecule has 2 aliphatic heterocycles. The van der Waals surface area contributed by atoms with Crippen molar-refractivity contribution in [2.24, 2.45) is 11.3 Å². The van der Waals surface area contributed by atoms with Crippen molar-refractivity contribution in [3.8, 4) is 0 Å². The fourth-order valence-corrected chi connectivity index (χ4v) is 4.32. The number of hydrogen-bond donors (Lipinski definition) is 1. The maximum Gasteiger partial charge on any atom is 0.322 e. The number of ether oxygens (including phenoxy) is 2. The lowest BCUT2D eigenvalue weighted by molar-refractivity contribution is -0.176. The summed E-state index contributed by atoms with van der Waals surface area (Å²) in [7, 11) is 1.26. The van der Waals surface area contributed by atoms with Crippen LogP contribution in [0.4, 0.5) is 0 Å². The molecule has 3 rings (SSSR count). The van der Waals surface area contributed by atoms with Crippen molar-refractivity contribution in [3.05, 3.63) is 12.2 Å². The van der Waals surface area contributed by atoms with Gasteiger partial charge < -0.3 is 19.7 Å². The minimum atomic E-state index is -1.46. The molecule has 7 heteroatoms. The zero-order valence-electron chi connectivity index (χ0n) is 17.9. The lowest BCUT2D eigenvalue weighted by Crippen LogP contribution is -2.55. The Kier molecular flexibility index (Phi) is 6.79. The van der Waals surface area contributed by atoms with Gasteiger partial charge in [-0.1, -0.05) is 6.58 Å². The number of amides is 1. The molecule has 29 heavy (non-hydrogen) atoms. The summed E-state index contributed by atoms with van der Waals surface area (Å²) in [6.07, 6.45) is 3.97. The zero-order chi connectivity index (χ0) is 21.2. The predicted octanol–water partition coefficient (Wildman–Crippen LogP) is 1.85. The van der Waals surface area contributed by atoms with Crippen molar-refractivity contribution < 1.29 is 23.9 Å². The molecule has 7 nitrogen and oxygen atoms in total. The summed E-state index contributed by atoms with van der Waals surface area (Å²) in [6.45, 7) is 9.62. The predicted molar refractivity (Wildman–Crippen MR) is 108 cm³/mol. The van der Waals surface area contributed by atoms with Gasteiger partial charge in [0.25, 0.3) is 0 Å². The number of Topliss-reactive ketones (excluding diaryl/α,β-unsaturated/α-hetero) is 1. The largest absolute Gasteiger partial charge is 0.468 e. The van der Waals surface area contributed by atoms with Gasteiger partial charge in [0.05, 0.1) is 19.3 Å². The first kappa shape index (κ1) is 22.0. The Bertz CT molecular complexity index is 666. The Morgan fingerprint density at radius 1 is 1.28 bits per heavy atom. The van der Waals surface area contributed by atoms with Crippen molar-refractivity contribution >= 4 is 17.7 Å². The molecule has 0 aromatic carbocycles. The van der Waals surface area contributed by atoms with Crippen LogP contribution in [0.5, 0.6) is 0 Å². The number of carbonyl (C=O) groups excluding carboxylic acids is 3. The number of nitrogens with one attached hydrogen (secondary N) is 1. The highest BCUT2D eigenvalue weighted by atomic mass is 16.5. The third kappa shape index (κ3) is 4.72. The van der Waals surface area contributed by atoms with E-state index < -0.39 is 23.6 Å². The molecule has 1 aliphatic carbocycles. The molecule has 162 valence electrons. The number of likely N-dealkylation sites (tertiary alicyclic amines) is 1. The highest BCUT2D eigenvalue weighted by Crippen LogP contribution is 2.39. The molecule has 2 saturated heterocycles. The van der Waals surface area contributed by atoms with Crippen LogP contribution in [-0.2, 0) is 23.9 Å². The highest BCUT2D eigenvalue weighted by molar-refractivity contribution is 6.13. The number of carbonyl (C=O) groups is 3. The Balaban J connectivity index is 1.53. The van der Waals surface area contributed by atoms with Gasteiger partial charge in [0.1, 0.15) is 0 Å². The Morgan fingerprint density at radius 3 is 2.52 bits per heavy atom. The molecule has 2 heterocycles. The van der Waals surface area contributed by atoms with Gasteiger partial charge in [0.15, 0.2) is 11.2 Å². The summed E-state index contributed by atoms with van der Waals surface area (Å²) in [6, 6.07) is 0.494. The lowest BCUT2D eigenvalue weighted by Gasteiger charge is -2.41. The molecular weight excluding hydrogens is 372 g/mol. The number of ketones is 1. The third-order valence-corrected chi connectivity index (χ3v) is 6.74. The van der Waals surface area contributed by atoms with E-state index in [0.29, 0.717) is 12.5 Å². The maximum atomic E-state index is 12.8. The number of rotatable bonds is 7. The van der Waals surface area contributed by atoms with Crippen LogP contribution in [0.15, 0.2) is 12.2 Å². The van der Waals surface area contributed by atoms with Gasteiger partial charge >= 0.3 is 5.97 Å². The molecule has 1 amide bonds. The molecule has 3 aliphatic rings. The topological polar surface area (TPSA) is 84.9 Å². The molecule has 0 spiro atoms. The van der Waals surface area contributed by atoms with Gasteiger partial charge in [0.2, 0.25) is 5.91 Å². The van der Waals surface area contributed by atoms with Crippen LogP contribution in [0.25, 0.3) is 0 Å². The maximum absolute atomic E-state index is 12.8. The average Bonchev–Trinajstić information content (AvgIpc) is 3.56. The van der Waals surface area contributed by atoms with Crippen LogP contribution in [0.2, 0.25) is 0 Å². The highest BCUT2D eigenvalue weighted by Gasteiger charge is 2.54. The summed E-state index contributed by atoms with van der Waals surface area (Å²) in [5, 5.41) is 3.62. The summed E-state index contributed by atoms with van der Waals surface area (Å²) >= 11 is 0. The number of methoxy groups -OCH3 is 1. The van der Waals surface area contributed by atoms with Crippen LogP contribution < -0.4 is 5.32 Å². The fourth-order valence-electron chi connectivity index (χ4n) is 4.32. The molecule has 1 N–H and O–H groups in total. The van der Waals surface area contributed by atoms with E-state index in [-0.39, 0.29) is 23.7 Å². The van der Waals surface area contributed by atoms with Crippen LogP contribution in [0, 0.1) is 11.3 Å². The first-order valence-electron chi connectivity index (χ1n) is 10.8. The van der Waals surface area contributed by atoms with Crippen molar-refractivity contribution in [2.45, 2.75) is 70.6 Å². The molecule has 3 atom stereocenters. The number of hydrogen-bond acceptors (Lipinski definition) is 6. The lowest BCUT2D eigenvalue weighted by atomic mass is 9.72. The third-order valence-electron chi connectivity index (χ3n) is 6.74. The normalized spacial score (nSPS) is 31.1. The number of esters is 1. The first-order chi connectivity index (χ1) is 13.8. The summed E-state index contributed by atoms with van der Waals surface area (Å²) < 4.78 is 10.8. The van der Waals surface area contributed by atoms with Gasteiger partial charge in [-0.05, 0) is 58.4 Å². The zero-order valence-corrected chi connectivity index (χ0v) is 17.9. The van der Waals surface area contributed by atoms with E-state index in [1.54, 1.807) is 6.92 Å². The summed E-state index contributed by atoms with van der Waals surface area (Å²) in [4.78, 5) is 39.8. The van der Waals surface area contributed by atoms with Crippen LogP contribution in [0.3, 0.4) is 0 Å². The molecular formula is C22H34N2O5. The molecule has 0 aromatic rings. The Labute approximate surface area is 173 Å². The van der Waals surface area contributed by atoms with E-state index in [0.717, 1.165) is 38.4 Å². The standard InChI is InChI=1S/C22H34N2O5/c1-14-15(2)29-18(22(3,20(14)26)21(27)28-4)7-8-19(25)24-11-9-17(10-12-24)23-13-16-5-6-16/h15-18,23H,1,5-13H2,2-4H3/t15-,18+,22-/m1/s1.